The van der Waals surface area contributed by atoms with Crippen molar-refractivity contribution in [2.75, 3.05) is 0 Å². The highest BCUT2D eigenvalue weighted by Crippen LogP contribution is 2.68. The van der Waals surface area contributed by atoms with Gasteiger partial charge in [-0.15, -0.1) is 0 Å². The maximum atomic E-state index is 13.1. The molecule has 2 aromatic carbocycles. The third kappa shape index (κ3) is 4.16. The normalized spacial score (nSPS) is 21.8. The molecule has 0 heterocycles. The van der Waals surface area contributed by atoms with Crippen molar-refractivity contribution in [1.82, 2.24) is 0 Å². The second kappa shape index (κ2) is 7.06. The van der Waals surface area contributed by atoms with Crippen LogP contribution in [0.2, 0.25) is 0 Å². The van der Waals surface area contributed by atoms with Crippen LogP contribution in [0.1, 0.15) is 71.6 Å². The Bertz CT molecular complexity index is 837. The maximum absolute atomic E-state index is 13.1. The quantitative estimate of drug-likeness (QED) is 0.518. The van der Waals surface area contributed by atoms with E-state index in [-0.39, 0.29) is 28.3 Å². The molecule has 2 atom stereocenters. The summed E-state index contributed by atoms with van der Waals surface area (Å²) in [5.41, 5.74) is 4.45. The molecule has 0 saturated heterocycles. The Labute approximate surface area is 170 Å². The molecule has 0 spiro atoms. The summed E-state index contributed by atoms with van der Waals surface area (Å²) in [5.74, 6) is -0.0393. The predicted octanol–water partition coefficient (Wildman–Crippen LogP) is 7.12. The van der Waals surface area contributed by atoms with E-state index in [1.807, 2.05) is 6.92 Å². The number of rotatable bonds is 5. The molecule has 2 unspecified atom stereocenters. The smallest absolute Gasteiger partial charge is 0.313 e. The molecule has 0 N–H and O–H groups in total. The van der Waals surface area contributed by atoms with Crippen molar-refractivity contribution in [3.63, 3.8) is 0 Å². The lowest BCUT2D eigenvalue weighted by molar-refractivity contribution is -0.158. The largest absolute Gasteiger partial charge is 0.457 e. The zero-order chi connectivity index (χ0) is 20.7. The van der Waals surface area contributed by atoms with E-state index in [1.54, 1.807) is 0 Å². The highest BCUT2D eigenvalue weighted by Gasteiger charge is 2.68. The molecule has 1 fully saturated rings. The first-order valence-electron chi connectivity index (χ1n) is 10.3. The molecule has 0 aliphatic heterocycles. The van der Waals surface area contributed by atoms with E-state index in [2.05, 4.69) is 90.1 Å². The number of ether oxygens (including phenoxy) is 1. The molecule has 150 valence electrons. The van der Waals surface area contributed by atoms with Crippen LogP contribution in [0.3, 0.4) is 0 Å². The van der Waals surface area contributed by atoms with Crippen LogP contribution in [-0.4, -0.2) is 5.97 Å². The third-order valence-electron chi connectivity index (χ3n) is 6.19. The summed E-state index contributed by atoms with van der Waals surface area (Å²) < 4.78 is 5.97. The van der Waals surface area contributed by atoms with E-state index in [1.165, 1.54) is 16.7 Å². The highest BCUT2D eigenvalue weighted by molar-refractivity contribution is 5.82. The number of hydrogen-bond donors (Lipinski definition) is 0. The minimum atomic E-state index is -0.346. The first kappa shape index (κ1) is 20.6. The topological polar surface area (TPSA) is 26.3 Å². The number of esters is 1. The number of hydrogen-bond acceptors (Lipinski definition) is 2. The fourth-order valence-corrected chi connectivity index (χ4v) is 4.37. The standard InChI is InChI=1S/C26H34O2/c1-18-8-10-21(11-9-18)22-14-12-20(13-15-22)19(2)28-23(27)26(16-24(3,4)5)17-25(26,6)7/h8-15,19H,16-17H2,1-7H3. The summed E-state index contributed by atoms with van der Waals surface area (Å²) in [6, 6.07) is 16.9. The molecule has 0 aromatic heterocycles. The monoisotopic (exact) mass is 378 g/mol. The average Bonchev–Trinajstić information content (AvgIpc) is 3.15. The van der Waals surface area contributed by atoms with E-state index in [0.29, 0.717) is 0 Å². The van der Waals surface area contributed by atoms with Crippen LogP contribution in [0.5, 0.6) is 0 Å². The SMILES string of the molecule is Cc1ccc(-c2ccc(C(C)OC(=O)C3(CC(C)(C)C)CC3(C)C)cc2)cc1. The van der Waals surface area contributed by atoms with Crippen LogP contribution in [0.15, 0.2) is 48.5 Å². The van der Waals surface area contributed by atoms with Crippen molar-refractivity contribution in [2.24, 2.45) is 16.2 Å². The highest BCUT2D eigenvalue weighted by atomic mass is 16.5. The molecule has 0 radical (unpaired) electrons. The van der Waals surface area contributed by atoms with Crippen molar-refractivity contribution in [3.05, 3.63) is 59.7 Å². The zero-order valence-electron chi connectivity index (χ0n) is 18.4. The minimum Gasteiger partial charge on any atom is -0.457 e. The summed E-state index contributed by atoms with van der Waals surface area (Å²) >= 11 is 0. The van der Waals surface area contributed by atoms with E-state index < -0.39 is 0 Å². The molecule has 0 bridgehead atoms. The predicted molar refractivity (Wildman–Crippen MR) is 116 cm³/mol. The van der Waals surface area contributed by atoms with Gasteiger partial charge in [-0.1, -0.05) is 88.7 Å². The molecule has 2 nitrogen and oxygen atoms in total. The second-order valence-electron chi connectivity index (χ2n) is 10.4. The summed E-state index contributed by atoms with van der Waals surface area (Å²) in [7, 11) is 0. The van der Waals surface area contributed by atoms with Gasteiger partial charge in [0.1, 0.15) is 6.10 Å². The fourth-order valence-electron chi connectivity index (χ4n) is 4.37. The Morgan fingerprint density at radius 3 is 1.89 bits per heavy atom. The number of benzene rings is 2. The van der Waals surface area contributed by atoms with Crippen LogP contribution < -0.4 is 0 Å². The van der Waals surface area contributed by atoms with Crippen molar-refractivity contribution < 1.29 is 9.53 Å². The lowest BCUT2D eigenvalue weighted by Gasteiger charge is -2.28. The minimum absolute atomic E-state index is 0.0202. The van der Waals surface area contributed by atoms with Crippen molar-refractivity contribution >= 4 is 5.97 Å². The Kier molecular flexibility index (Phi) is 5.20. The molecule has 1 aliphatic carbocycles. The molecular weight excluding hydrogens is 344 g/mol. The van der Waals surface area contributed by atoms with Gasteiger partial charge < -0.3 is 4.74 Å². The molecule has 2 heteroatoms. The van der Waals surface area contributed by atoms with Gasteiger partial charge in [-0.25, -0.2) is 0 Å². The van der Waals surface area contributed by atoms with Crippen LogP contribution in [0, 0.1) is 23.2 Å². The van der Waals surface area contributed by atoms with Crippen LogP contribution in [0.4, 0.5) is 0 Å². The van der Waals surface area contributed by atoms with Crippen molar-refractivity contribution in [1.29, 1.82) is 0 Å². The van der Waals surface area contributed by atoms with Gasteiger partial charge >= 0.3 is 5.97 Å². The fraction of sp³-hybridized carbons (Fsp3) is 0.500. The summed E-state index contributed by atoms with van der Waals surface area (Å²) in [5, 5.41) is 0. The maximum Gasteiger partial charge on any atom is 0.313 e. The van der Waals surface area contributed by atoms with Crippen LogP contribution in [0.25, 0.3) is 11.1 Å². The van der Waals surface area contributed by atoms with Crippen molar-refractivity contribution in [3.8, 4) is 11.1 Å². The van der Waals surface area contributed by atoms with Crippen LogP contribution in [-0.2, 0) is 9.53 Å². The van der Waals surface area contributed by atoms with Gasteiger partial charge in [-0.3, -0.25) is 4.79 Å². The van der Waals surface area contributed by atoms with E-state index in [0.717, 1.165) is 18.4 Å². The molecule has 1 aliphatic rings. The van der Waals surface area contributed by atoms with E-state index in [4.69, 9.17) is 4.74 Å². The van der Waals surface area contributed by atoms with Gasteiger partial charge in [0.2, 0.25) is 0 Å². The zero-order valence-corrected chi connectivity index (χ0v) is 18.4. The summed E-state index contributed by atoms with van der Waals surface area (Å²) in [4.78, 5) is 13.1. The third-order valence-corrected chi connectivity index (χ3v) is 6.19. The van der Waals surface area contributed by atoms with Gasteiger partial charge in [0.15, 0.2) is 0 Å². The Morgan fingerprint density at radius 2 is 1.46 bits per heavy atom. The summed E-state index contributed by atoms with van der Waals surface area (Å²) in [6.07, 6.45) is 1.54. The Hall–Kier alpha value is -2.09. The van der Waals surface area contributed by atoms with Gasteiger partial charge in [0, 0.05) is 0 Å². The Morgan fingerprint density at radius 1 is 1.00 bits per heavy atom. The number of carbonyl (C=O) groups is 1. The first-order chi connectivity index (χ1) is 12.9. The second-order valence-corrected chi connectivity index (χ2v) is 10.4. The van der Waals surface area contributed by atoms with Crippen molar-refractivity contribution in [2.45, 2.75) is 67.4 Å². The Balaban J connectivity index is 1.71. The van der Waals surface area contributed by atoms with E-state index in [9.17, 15) is 4.79 Å². The molecule has 1 saturated carbocycles. The van der Waals surface area contributed by atoms with Gasteiger partial charge in [-0.05, 0) is 54.2 Å². The molecule has 28 heavy (non-hydrogen) atoms. The molecule has 3 rings (SSSR count). The molecule has 2 aromatic rings. The van der Waals surface area contributed by atoms with Gasteiger partial charge in [0.05, 0.1) is 5.41 Å². The lowest BCUT2D eigenvalue weighted by Crippen LogP contribution is -2.29. The lowest BCUT2D eigenvalue weighted by atomic mass is 9.79. The average molecular weight is 379 g/mol. The number of carbonyl (C=O) groups excluding carboxylic acids is 1. The summed E-state index contributed by atoms with van der Waals surface area (Å²) in [6.45, 7) is 15.0. The van der Waals surface area contributed by atoms with Gasteiger partial charge in [0.25, 0.3) is 0 Å². The first-order valence-corrected chi connectivity index (χ1v) is 10.3. The van der Waals surface area contributed by atoms with Crippen LogP contribution >= 0.6 is 0 Å². The van der Waals surface area contributed by atoms with Gasteiger partial charge in [-0.2, -0.15) is 0 Å². The molecular formula is C26H34O2. The van der Waals surface area contributed by atoms with E-state index >= 15 is 0 Å². The number of aryl methyl sites for hydroxylation is 1. The molecule has 0 amide bonds.